The largest absolute Gasteiger partial charge is 0.388 e. The molecule has 0 radical (unpaired) electrons. The molecule has 0 aromatic carbocycles. The minimum absolute atomic E-state index is 0.291. The summed E-state index contributed by atoms with van der Waals surface area (Å²) in [5, 5.41) is 14.3. The molecule has 0 aromatic heterocycles. The van der Waals surface area contributed by atoms with Gasteiger partial charge in [-0.3, -0.25) is 0 Å². The van der Waals surface area contributed by atoms with Crippen LogP contribution in [-0.2, 0) is 4.74 Å². The van der Waals surface area contributed by atoms with Gasteiger partial charge >= 0.3 is 0 Å². The van der Waals surface area contributed by atoms with Gasteiger partial charge < -0.3 is 20.1 Å². The SMILES string of the molecule is CCC(C)(CNC1CC1)CN(C)CC1(O)CCOCC1. The van der Waals surface area contributed by atoms with Crippen molar-refractivity contribution in [2.75, 3.05) is 39.9 Å². The van der Waals surface area contributed by atoms with Crippen molar-refractivity contribution in [1.29, 1.82) is 0 Å². The normalized spacial score (nSPS) is 25.6. The fourth-order valence-corrected chi connectivity index (χ4v) is 3.09. The number of rotatable bonds is 8. The molecule has 118 valence electrons. The van der Waals surface area contributed by atoms with Crippen molar-refractivity contribution in [3.63, 3.8) is 0 Å². The van der Waals surface area contributed by atoms with Gasteiger partial charge in [-0.15, -0.1) is 0 Å². The van der Waals surface area contributed by atoms with E-state index < -0.39 is 5.60 Å². The van der Waals surface area contributed by atoms with Crippen LogP contribution in [0.2, 0.25) is 0 Å². The molecule has 0 amide bonds. The molecule has 2 fully saturated rings. The smallest absolute Gasteiger partial charge is 0.0817 e. The maximum atomic E-state index is 10.6. The Morgan fingerprint density at radius 1 is 1.35 bits per heavy atom. The van der Waals surface area contributed by atoms with Crippen molar-refractivity contribution < 1.29 is 9.84 Å². The first-order valence-electron chi connectivity index (χ1n) is 8.17. The summed E-state index contributed by atoms with van der Waals surface area (Å²) in [5.41, 5.74) is -0.259. The quantitative estimate of drug-likeness (QED) is 0.711. The topological polar surface area (TPSA) is 44.7 Å². The lowest BCUT2D eigenvalue weighted by Gasteiger charge is -2.39. The molecule has 1 aliphatic carbocycles. The number of hydrogen-bond acceptors (Lipinski definition) is 4. The molecule has 2 rings (SSSR count). The first-order valence-corrected chi connectivity index (χ1v) is 8.17. The second-order valence-electron chi connectivity index (χ2n) is 7.33. The standard InChI is InChI=1S/C16H32N2O2/c1-4-15(2,11-17-14-5-6-14)12-18(3)13-16(19)7-9-20-10-8-16/h14,17,19H,4-13H2,1-3H3. The van der Waals surface area contributed by atoms with Crippen LogP contribution in [-0.4, -0.2) is 61.5 Å². The molecule has 2 N–H and O–H groups in total. The van der Waals surface area contributed by atoms with E-state index in [4.69, 9.17) is 4.74 Å². The van der Waals surface area contributed by atoms with Crippen LogP contribution in [0.1, 0.15) is 46.0 Å². The zero-order valence-corrected chi connectivity index (χ0v) is 13.5. The molecule has 1 atom stereocenters. The minimum Gasteiger partial charge on any atom is -0.388 e. The number of aliphatic hydroxyl groups is 1. The van der Waals surface area contributed by atoms with Gasteiger partial charge in [0.1, 0.15) is 0 Å². The van der Waals surface area contributed by atoms with Crippen molar-refractivity contribution in [3.05, 3.63) is 0 Å². The Labute approximate surface area is 123 Å². The van der Waals surface area contributed by atoms with Gasteiger partial charge in [0.2, 0.25) is 0 Å². The van der Waals surface area contributed by atoms with Crippen LogP contribution in [0.5, 0.6) is 0 Å². The second kappa shape index (κ2) is 6.73. The number of ether oxygens (including phenoxy) is 1. The van der Waals surface area contributed by atoms with Gasteiger partial charge in [0.25, 0.3) is 0 Å². The predicted molar refractivity (Wildman–Crippen MR) is 81.9 cm³/mol. The summed E-state index contributed by atoms with van der Waals surface area (Å²) in [5.74, 6) is 0. The number of nitrogens with zero attached hydrogens (tertiary/aromatic N) is 1. The lowest BCUT2D eigenvalue weighted by atomic mass is 9.85. The first kappa shape index (κ1) is 16.2. The summed E-state index contributed by atoms with van der Waals surface area (Å²) in [4.78, 5) is 2.31. The van der Waals surface area contributed by atoms with Gasteiger partial charge in [0.15, 0.2) is 0 Å². The van der Waals surface area contributed by atoms with Crippen molar-refractivity contribution in [3.8, 4) is 0 Å². The summed E-state index contributed by atoms with van der Waals surface area (Å²) in [6.45, 7) is 8.89. The highest BCUT2D eigenvalue weighted by molar-refractivity contribution is 4.89. The zero-order valence-electron chi connectivity index (χ0n) is 13.5. The Balaban J connectivity index is 1.79. The summed E-state index contributed by atoms with van der Waals surface area (Å²) >= 11 is 0. The molecule has 0 aromatic rings. The molecule has 4 nitrogen and oxygen atoms in total. The van der Waals surface area contributed by atoms with Crippen LogP contribution < -0.4 is 5.32 Å². The molecular formula is C16H32N2O2. The van der Waals surface area contributed by atoms with Crippen molar-refractivity contribution in [2.45, 2.75) is 57.6 Å². The zero-order chi connectivity index (χ0) is 14.6. The van der Waals surface area contributed by atoms with Crippen molar-refractivity contribution in [2.24, 2.45) is 5.41 Å². The Morgan fingerprint density at radius 2 is 2.00 bits per heavy atom. The van der Waals surface area contributed by atoms with Gasteiger partial charge in [-0.05, 0) is 31.7 Å². The van der Waals surface area contributed by atoms with Gasteiger partial charge in [0, 0.05) is 51.7 Å². The lowest BCUT2D eigenvalue weighted by molar-refractivity contribution is -0.0800. The Kier molecular flexibility index (Phi) is 5.46. The maximum absolute atomic E-state index is 10.6. The van der Waals surface area contributed by atoms with Crippen LogP contribution in [0.3, 0.4) is 0 Å². The number of hydrogen-bond donors (Lipinski definition) is 2. The molecular weight excluding hydrogens is 252 g/mol. The summed E-state index contributed by atoms with van der Waals surface area (Å²) in [6, 6.07) is 0.769. The molecule has 1 heterocycles. The third-order valence-electron chi connectivity index (χ3n) is 4.89. The van der Waals surface area contributed by atoms with Gasteiger partial charge in [-0.2, -0.15) is 0 Å². The highest BCUT2D eigenvalue weighted by Gasteiger charge is 2.34. The van der Waals surface area contributed by atoms with Gasteiger partial charge in [-0.25, -0.2) is 0 Å². The van der Waals surface area contributed by atoms with E-state index >= 15 is 0 Å². The third-order valence-corrected chi connectivity index (χ3v) is 4.89. The highest BCUT2D eigenvalue weighted by atomic mass is 16.5. The van der Waals surface area contributed by atoms with E-state index in [0.29, 0.717) is 18.6 Å². The molecule has 4 heteroatoms. The van der Waals surface area contributed by atoms with E-state index in [-0.39, 0.29) is 0 Å². The Hall–Kier alpha value is -0.160. The third kappa shape index (κ3) is 4.99. The van der Waals surface area contributed by atoms with Crippen LogP contribution in [0.25, 0.3) is 0 Å². The van der Waals surface area contributed by atoms with E-state index in [9.17, 15) is 5.11 Å². The molecule has 1 unspecified atom stereocenters. The van der Waals surface area contributed by atoms with E-state index in [0.717, 1.165) is 38.5 Å². The average molecular weight is 284 g/mol. The van der Waals surface area contributed by atoms with Crippen LogP contribution in [0, 0.1) is 5.41 Å². The summed E-state index contributed by atoms with van der Waals surface area (Å²) in [7, 11) is 2.14. The summed E-state index contributed by atoms with van der Waals surface area (Å²) < 4.78 is 5.35. The molecule has 1 aliphatic heterocycles. The molecule has 0 bridgehead atoms. The number of nitrogens with one attached hydrogen (secondary N) is 1. The fraction of sp³-hybridized carbons (Fsp3) is 1.00. The van der Waals surface area contributed by atoms with Crippen LogP contribution in [0.4, 0.5) is 0 Å². The first-order chi connectivity index (χ1) is 9.45. The maximum Gasteiger partial charge on any atom is 0.0817 e. The predicted octanol–water partition coefficient (Wildman–Crippen LogP) is 1.63. The van der Waals surface area contributed by atoms with Crippen LogP contribution in [0.15, 0.2) is 0 Å². The molecule has 0 spiro atoms. The lowest BCUT2D eigenvalue weighted by Crippen LogP contribution is -2.49. The summed E-state index contributed by atoms with van der Waals surface area (Å²) in [6.07, 6.45) is 5.38. The van der Waals surface area contributed by atoms with Crippen molar-refractivity contribution >= 4 is 0 Å². The average Bonchev–Trinajstić information content (AvgIpc) is 3.20. The van der Waals surface area contributed by atoms with Gasteiger partial charge in [-0.1, -0.05) is 13.8 Å². The Morgan fingerprint density at radius 3 is 2.55 bits per heavy atom. The molecule has 1 saturated carbocycles. The fourth-order valence-electron chi connectivity index (χ4n) is 3.09. The molecule has 1 saturated heterocycles. The highest BCUT2D eigenvalue weighted by Crippen LogP contribution is 2.27. The minimum atomic E-state index is -0.550. The van der Waals surface area contributed by atoms with Crippen LogP contribution >= 0.6 is 0 Å². The van der Waals surface area contributed by atoms with Gasteiger partial charge in [0.05, 0.1) is 5.60 Å². The Bertz CT molecular complexity index is 301. The van der Waals surface area contributed by atoms with Crippen molar-refractivity contribution in [1.82, 2.24) is 10.2 Å². The molecule has 2 aliphatic rings. The number of likely N-dealkylation sites (N-methyl/N-ethyl adjacent to an activating group) is 1. The monoisotopic (exact) mass is 284 g/mol. The van der Waals surface area contributed by atoms with E-state index in [1.165, 1.54) is 19.3 Å². The second-order valence-corrected chi connectivity index (χ2v) is 7.33. The van der Waals surface area contributed by atoms with E-state index in [1.807, 2.05) is 0 Å². The van der Waals surface area contributed by atoms with E-state index in [2.05, 4.69) is 31.1 Å². The molecule has 20 heavy (non-hydrogen) atoms. The van der Waals surface area contributed by atoms with E-state index in [1.54, 1.807) is 0 Å².